The van der Waals surface area contributed by atoms with Crippen molar-refractivity contribution in [2.45, 2.75) is 0 Å². The quantitative estimate of drug-likeness (QED) is 0.677. The number of aromatic amines is 1. The van der Waals surface area contributed by atoms with E-state index in [9.17, 15) is 9.18 Å². The summed E-state index contributed by atoms with van der Waals surface area (Å²) in [5.74, 6) is -1.84. The molecule has 0 fully saturated rings. The van der Waals surface area contributed by atoms with E-state index in [0.717, 1.165) is 0 Å². The molecule has 0 saturated carbocycles. The van der Waals surface area contributed by atoms with E-state index in [-0.39, 0.29) is 22.0 Å². The van der Waals surface area contributed by atoms with Gasteiger partial charge in [0.1, 0.15) is 5.82 Å². The van der Waals surface area contributed by atoms with Gasteiger partial charge in [-0.2, -0.15) is 0 Å². The lowest BCUT2D eigenvalue weighted by Gasteiger charge is -2.08. The van der Waals surface area contributed by atoms with E-state index in [1.165, 1.54) is 12.1 Å². The van der Waals surface area contributed by atoms with Gasteiger partial charge in [0.15, 0.2) is 5.69 Å². The Labute approximate surface area is 123 Å². The summed E-state index contributed by atoms with van der Waals surface area (Å²) in [4.78, 5) is 18.0. The number of nitrogens with one attached hydrogen (secondary N) is 1. The highest BCUT2D eigenvalue weighted by Crippen LogP contribution is 2.31. The fraction of sp³-hybridized carbons (Fsp3) is 0. The van der Waals surface area contributed by atoms with Crippen molar-refractivity contribution in [3.05, 3.63) is 47.0 Å². The smallest absolute Gasteiger partial charge is 0.356 e. The Kier molecular flexibility index (Phi) is 3.03. The predicted molar refractivity (Wildman–Crippen MR) is 77.9 cm³/mol. The van der Waals surface area contributed by atoms with Gasteiger partial charge in [-0.15, -0.1) is 0 Å². The topological polar surface area (TPSA) is 92.0 Å². The van der Waals surface area contributed by atoms with E-state index in [1.54, 1.807) is 18.3 Å². The summed E-state index contributed by atoms with van der Waals surface area (Å²) in [7, 11) is 0. The highest BCUT2D eigenvalue weighted by molar-refractivity contribution is 6.35. The number of nitrogens with zero attached hydrogens (tertiary/aromatic N) is 1. The van der Waals surface area contributed by atoms with Crippen molar-refractivity contribution >= 4 is 34.2 Å². The minimum Gasteiger partial charge on any atom is -0.476 e. The molecule has 0 atom stereocenters. The monoisotopic (exact) mass is 305 g/mol. The first-order valence-corrected chi connectivity index (χ1v) is 6.31. The number of hydrogen-bond acceptors (Lipinski definition) is 3. The van der Waals surface area contributed by atoms with Crippen molar-refractivity contribution in [2.75, 3.05) is 5.73 Å². The second-order valence-corrected chi connectivity index (χ2v) is 4.84. The Morgan fingerprint density at radius 1 is 1.38 bits per heavy atom. The van der Waals surface area contributed by atoms with Gasteiger partial charge in [-0.25, -0.2) is 14.2 Å². The summed E-state index contributed by atoms with van der Waals surface area (Å²) in [6.07, 6.45) is 1.68. The van der Waals surface area contributed by atoms with E-state index >= 15 is 0 Å². The molecule has 0 aliphatic rings. The van der Waals surface area contributed by atoms with Crippen LogP contribution in [0.3, 0.4) is 0 Å². The lowest BCUT2D eigenvalue weighted by Crippen LogP contribution is -2.05. The molecule has 106 valence electrons. The SMILES string of the molecule is Nc1cc(-c2cc3[nH]ccc3cc2F)nc(C(=O)O)c1Cl. The van der Waals surface area contributed by atoms with Crippen molar-refractivity contribution in [3.8, 4) is 11.3 Å². The molecular weight excluding hydrogens is 297 g/mol. The molecule has 0 unspecified atom stereocenters. The van der Waals surface area contributed by atoms with Crippen molar-refractivity contribution in [2.24, 2.45) is 0 Å². The second-order valence-electron chi connectivity index (χ2n) is 4.46. The van der Waals surface area contributed by atoms with Crippen LogP contribution in [0.4, 0.5) is 10.1 Å². The van der Waals surface area contributed by atoms with Crippen LogP contribution in [0.5, 0.6) is 0 Å². The highest BCUT2D eigenvalue weighted by Gasteiger charge is 2.18. The van der Waals surface area contributed by atoms with Crippen LogP contribution < -0.4 is 5.73 Å². The van der Waals surface area contributed by atoms with Crippen molar-refractivity contribution < 1.29 is 14.3 Å². The van der Waals surface area contributed by atoms with Gasteiger partial charge in [0, 0.05) is 22.7 Å². The van der Waals surface area contributed by atoms with Gasteiger partial charge in [-0.3, -0.25) is 0 Å². The minimum atomic E-state index is -1.32. The zero-order valence-electron chi connectivity index (χ0n) is 10.5. The number of carbonyl (C=O) groups is 1. The number of aromatic nitrogens is 2. The van der Waals surface area contributed by atoms with Crippen LogP contribution in [0.1, 0.15) is 10.5 Å². The number of nitrogen functional groups attached to an aromatic ring is 1. The van der Waals surface area contributed by atoms with E-state index in [2.05, 4.69) is 9.97 Å². The van der Waals surface area contributed by atoms with Gasteiger partial charge in [0.05, 0.1) is 16.4 Å². The fourth-order valence-electron chi connectivity index (χ4n) is 2.10. The van der Waals surface area contributed by atoms with E-state index in [1.807, 2.05) is 0 Å². The molecule has 7 heteroatoms. The average molecular weight is 306 g/mol. The van der Waals surface area contributed by atoms with Gasteiger partial charge in [-0.1, -0.05) is 11.6 Å². The Hall–Kier alpha value is -2.60. The first-order chi connectivity index (χ1) is 9.97. The molecule has 21 heavy (non-hydrogen) atoms. The molecule has 3 rings (SSSR count). The van der Waals surface area contributed by atoms with Crippen molar-refractivity contribution in [3.63, 3.8) is 0 Å². The number of fused-ring (bicyclic) bond motifs is 1. The van der Waals surface area contributed by atoms with Crippen molar-refractivity contribution in [1.82, 2.24) is 9.97 Å². The predicted octanol–water partition coefficient (Wildman–Crippen LogP) is 3.30. The first-order valence-electron chi connectivity index (χ1n) is 5.93. The maximum atomic E-state index is 14.2. The number of anilines is 1. The second kappa shape index (κ2) is 4.75. The molecule has 3 aromatic rings. The average Bonchev–Trinajstić information content (AvgIpc) is 2.87. The molecule has 5 nitrogen and oxygen atoms in total. The van der Waals surface area contributed by atoms with Gasteiger partial charge in [0.25, 0.3) is 0 Å². The maximum Gasteiger partial charge on any atom is 0.356 e. The van der Waals surface area contributed by atoms with E-state index in [0.29, 0.717) is 10.9 Å². The third kappa shape index (κ3) is 2.19. The van der Waals surface area contributed by atoms with Crippen LogP contribution in [0.15, 0.2) is 30.5 Å². The summed E-state index contributed by atoms with van der Waals surface area (Å²) in [5.41, 5.74) is 6.27. The van der Waals surface area contributed by atoms with Crippen LogP contribution in [0, 0.1) is 5.82 Å². The summed E-state index contributed by atoms with van der Waals surface area (Å²) >= 11 is 5.80. The third-order valence-corrected chi connectivity index (χ3v) is 3.50. The molecule has 0 aliphatic carbocycles. The van der Waals surface area contributed by atoms with Gasteiger partial charge >= 0.3 is 5.97 Å². The van der Waals surface area contributed by atoms with Crippen LogP contribution in [0.25, 0.3) is 22.2 Å². The largest absolute Gasteiger partial charge is 0.476 e. The summed E-state index contributed by atoms with van der Waals surface area (Å²) < 4.78 is 14.2. The Balaban J connectivity index is 2.27. The number of aromatic carboxylic acids is 1. The molecular formula is C14H9ClFN3O2. The molecule has 0 spiro atoms. The van der Waals surface area contributed by atoms with Crippen LogP contribution in [0.2, 0.25) is 5.02 Å². The van der Waals surface area contributed by atoms with Gasteiger partial charge < -0.3 is 15.8 Å². The normalized spacial score (nSPS) is 11.0. The number of benzene rings is 1. The van der Waals surface area contributed by atoms with Gasteiger partial charge in [-0.05, 0) is 24.3 Å². The molecule has 0 aliphatic heterocycles. The zero-order valence-corrected chi connectivity index (χ0v) is 11.3. The molecule has 0 bridgehead atoms. The number of nitrogens with two attached hydrogens (primary N) is 1. The lowest BCUT2D eigenvalue weighted by molar-refractivity contribution is 0.0691. The molecule has 0 amide bonds. The Bertz CT molecular complexity index is 876. The molecule has 4 N–H and O–H groups in total. The molecule has 1 aromatic carbocycles. The Morgan fingerprint density at radius 2 is 2.14 bits per heavy atom. The molecule has 0 saturated heterocycles. The van der Waals surface area contributed by atoms with Crippen LogP contribution in [-0.4, -0.2) is 21.0 Å². The third-order valence-electron chi connectivity index (χ3n) is 3.11. The number of carboxylic acids is 1. The number of H-pyrrole nitrogens is 1. The molecule has 0 radical (unpaired) electrons. The fourth-order valence-corrected chi connectivity index (χ4v) is 2.28. The Morgan fingerprint density at radius 3 is 2.86 bits per heavy atom. The van der Waals surface area contributed by atoms with Crippen LogP contribution >= 0.6 is 11.6 Å². The van der Waals surface area contributed by atoms with Crippen molar-refractivity contribution in [1.29, 1.82) is 0 Å². The number of carboxylic acid groups (broad SMARTS) is 1. The molecule has 2 aromatic heterocycles. The summed E-state index contributed by atoms with van der Waals surface area (Å²) in [5, 5.41) is 9.61. The van der Waals surface area contributed by atoms with Gasteiger partial charge in [0.2, 0.25) is 0 Å². The number of hydrogen-bond donors (Lipinski definition) is 3. The number of halogens is 2. The van der Waals surface area contributed by atoms with E-state index < -0.39 is 17.5 Å². The standard InChI is InChI=1S/C14H9ClFN3O2/c15-12-9(17)5-11(19-13(12)14(20)21)7-4-10-6(1-2-18-10)3-8(7)16/h1-5,18H,(H2,17,19)(H,20,21). The zero-order chi connectivity index (χ0) is 15.1. The highest BCUT2D eigenvalue weighted by atomic mass is 35.5. The number of rotatable bonds is 2. The minimum absolute atomic E-state index is 0.0325. The maximum absolute atomic E-state index is 14.2. The number of pyridine rings is 1. The first kappa shape index (κ1) is 13.4. The lowest BCUT2D eigenvalue weighted by atomic mass is 10.1. The summed E-state index contributed by atoms with van der Waals surface area (Å²) in [6, 6.07) is 5.97. The summed E-state index contributed by atoms with van der Waals surface area (Å²) in [6.45, 7) is 0. The van der Waals surface area contributed by atoms with E-state index in [4.69, 9.17) is 22.4 Å². The van der Waals surface area contributed by atoms with Crippen LogP contribution in [-0.2, 0) is 0 Å². The molecule has 2 heterocycles.